The summed E-state index contributed by atoms with van der Waals surface area (Å²) in [5.74, 6) is 0.736. The molecule has 1 saturated heterocycles. The van der Waals surface area contributed by atoms with Crippen LogP contribution in [0.25, 0.3) is 0 Å². The van der Waals surface area contributed by atoms with E-state index in [4.69, 9.17) is 0 Å². The molecule has 8 heteroatoms. The van der Waals surface area contributed by atoms with Gasteiger partial charge in [-0.1, -0.05) is 18.2 Å². The van der Waals surface area contributed by atoms with Gasteiger partial charge in [0.1, 0.15) is 6.33 Å². The zero-order valence-electron chi connectivity index (χ0n) is 14.5. The van der Waals surface area contributed by atoms with Crippen molar-refractivity contribution in [2.24, 2.45) is 0 Å². The monoisotopic (exact) mass is 342 g/mol. The third-order valence-corrected chi connectivity index (χ3v) is 4.41. The number of para-hydroxylation sites is 1. The van der Waals surface area contributed by atoms with Gasteiger partial charge in [-0.05, 0) is 26.1 Å². The molecule has 2 heterocycles. The molecule has 3 rings (SSSR count). The lowest BCUT2D eigenvalue weighted by atomic mass is 10.2. The van der Waals surface area contributed by atoms with Gasteiger partial charge >= 0.3 is 5.69 Å². The first kappa shape index (κ1) is 17.1. The fourth-order valence-electron chi connectivity index (χ4n) is 3.03. The van der Waals surface area contributed by atoms with E-state index < -0.39 is 0 Å². The van der Waals surface area contributed by atoms with Crippen LogP contribution < -0.4 is 9.80 Å². The Labute approximate surface area is 146 Å². The van der Waals surface area contributed by atoms with Gasteiger partial charge < -0.3 is 14.7 Å². The van der Waals surface area contributed by atoms with Gasteiger partial charge in [-0.15, -0.1) is 0 Å². The Morgan fingerprint density at radius 2 is 1.84 bits per heavy atom. The Kier molecular flexibility index (Phi) is 5.08. The SMILES string of the molecule is CCN(c1ccccc1)c1ncnc(N2CCN(C)CC2)c1[N+](=O)[O-]. The number of nitro groups is 1. The van der Waals surface area contributed by atoms with Gasteiger partial charge in [-0.2, -0.15) is 0 Å². The van der Waals surface area contributed by atoms with E-state index in [9.17, 15) is 10.1 Å². The topological polar surface area (TPSA) is 78.6 Å². The molecule has 0 aliphatic carbocycles. The predicted molar refractivity (Wildman–Crippen MR) is 97.5 cm³/mol. The van der Waals surface area contributed by atoms with Crippen LogP contribution in [0.5, 0.6) is 0 Å². The molecule has 2 aromatic rings. The highest BCUT2D eigenvalue weighted by molar-refractivity contribution is 5.76. The van der Waals surface area contributed by atoms with Crippen molar-refractivity contribution < 1.29 is 4.92 Å². The molecule has 132 valence electrons. The van der Waals surface area contributed by atoms with E-state index in [1.54, 1.807) is 0 Å². The zero-order valence-corrected chi connectivity index (χ0v) is 14.5. The van der Waals surface area contributed by atoms with Gasteiger partial charge in [0, 0.05) is 38.4 Å². The highest BCUT2D eigenvalue weighted by Gasteiger charge is 2.31. The van der Waals surface area contributed by atoms with E-state index >= 15 is 0 Å². The number of benzene rings is 1. The Morgan fingerprint density at radius 3 is 2.44 bits per heavy atom. The van der Waals surface area contributed by atoms with Crippen LogP contribution >= 0.6 is 0 Å². The van der Waals surface area contributed by atoms with Crippen LogP contribution in [-0.2, 0) is 0 Å². The summed E-state index contributed by atoms with van der Waals surface area (Å²) < 4.78 is 0. The Morgan fingerprint density at radius 1 is 1.16 bits per heavy atom. The molecule has 0 amide bonds. The van der Waals surface area contributed by atoms with E-state index in [1.165, 1.54) is 6.33 Å². The average molecular weight is 342 g/mol. The maximum absolute atomic E-state index is 11.9. The van der Waals surface area contributed by atoms with Crippen LogP contribution in [0.1, 0.15) is 6.92 Å². The Balaban J connectivity index is 2.05. The fourth-order valence-corrected chi connectivity index (χ4v) is 3.03. The molecule has 0 unspecified atom stereocenters. The van der Waals surface area contributed by atoms with Gasteiger partial charge in [-0.3, -0.25) is 10.1 Å². The normalized spacial score (nSPS) is 15.2. The summed E-state index contributed by atoms with van der Waals surface area (Å²) in [7, 11) is 2.05. The lowest BCUT2D eigenvalue weighted by Crippen LogP contribution is -2.45. The van der Waals surface area contributed by atoms with Crippen LogP contribution in [0, 0.1) is 10.1 Å². The first-order chi connectivity index (χ1) is 12.1. The van der Waals surface area contributed by atoms with Crippen molar-refractivity contribution in [3.05, 3.63) is 46.8 Å². The van der Waals surface area contributed by atoms with Crippen LogP contribution in [0.4, 0.5) is 23.0 Å². The number of hydrogen-bond acceptors (Lipinski definition) is 7. The third kappa shape index (κ3) is 3.53. The number of nitrogens with zero attached hydrogens (tertiary/aromatic N) is 6. The minimum Gasteiger partial charge on any atom is -0.348 e. The molecule has 0 saturated carbocycles. The van der Waals surface area contributed by atoms with Crippen molar-refractivity contribution in [1.82, 2.24) is 14.9 Å². The molecule has 8 nitrogen and oxygen atoms in total. The second kappa shape index (κ2) is 7.43. The summed E-state index contributed by atoms with van der Waals surface area (Å²) in [6.07, 6.45) is 1.42. The summed E-state index contributed by atoms with van der Waals surface area (Å²) in [5, 5.41) is 11.9. The highest BCUT2D eigenvalue weighted by atomic mass is 16.6. The number of aromatic nitrogens is 2. The van der Waals surface area contributed by atoms with Gasteiger partial charge in [0.15, 0.2) is 0 Å². The predicted octanol–water partition coefficient (Wildman–Crippen LogP) is 2.29. The molecule has 0 N–H and O–H groups in total. The summed E-state index contributed by atoms with van der Waals surface area (Å²) >= 11 is 0. The molecule has 0 bridgehead atoms. The van der Waals surface area contributed by atoms with Crippen molar-refractivity contribution in [2.75, 3.05) is 49.6 Å². The molecule has 1 aromatic heterocycles. The van der Waals surface area contributed by atoms with Crippen molar-refractivity contribution >= 4 is 23.0 Å². The van der Waals surface area contributed by atoms with Gasteiger partial charge in [0.25, 0.3) is 0 Å². The second-order valence-electron chi connectivity index (χ2n) is 6.00. The molecular formula is C17H22N6O2. The number of piperazine rings is 1. The standard InChI is InChI=1S/C17H22N6O2/c1-3-22(14-7-5-4-6-8-14)17-15(23(24)25)16(18-13-19-17)21-11-9-20(2)10-12-21/h4-8,13H,3,9-12H2,1-2H3. The van der Waals surface area contributed by atoms with E-state index in [0.717, 1.165) is 18.8 Å². The van der Waals surface area contributed by atoms with Crippen LogP contribution in [-0.4, -0.2) is 59.6 Å². The summed E-state index contributed by atoms with van der Waals surface area (Å²) in [4.78, 5) is 26.0. The lowest BCUT2D eigenvalue weighted by Gasteiger charge is -2.33. The molecule has 1 aromatic carbocycles. The van der Waals surface area contributed by atoms with Crippen molar-refractivity contribution in [3.63, 3.8) is 0 Å². The van der Waals surface area contributed by atoms with Crippen molar-refractivity contribution in [1.29, 1.82) is 0 Å². The molecule has 0 spiro atoms. The third-order valence-electron chi connectivity index (χ3n) is 4.41. The molecule has 0 radical (unpaired) electrons. The summed E-state index contributed by atoms with van der Waals surface area (Å²) in [6.45, 7) is 5.66. The van der Waals surface area contributed by atoms with Gasteiger partial charge in [0.05, 0.1) is 4.92 Å². The van der Waals surface area contributed by atoms with E-state index in [2.05, 4.69) is 14.9 Å². The maximum atomic E-state index is 11.9. The van der Waals surface area contributed by atoms with E-state index in [0.29, 0.717) is 31.3 Å². The van der Waals surface area contributed by atoms with Gasteiger partial charge in [-0.25, -0.2) is 9.97 Å². The minimum absolute atomic E-state index is 0.0299. The molecule has 0 atom stereocenters. The van der Waals surface area contributed by atoms with Crippen molar-refractivity contribution in [2.45, 2.75) is 6.92 Å². The smallest absolute Gasteiger partial charge is 0.348 e. The molecule has 1 fully saturated rings. The van der Waals surface area contributed by atoms with Gasteiger partial charge in [0.2, 0.25) is 11.6 Å². The second-order valence-corrected chi connectivity index (χ2v) is 6.00. The number of likely N-dealkylation sites (N-methyl/N-ethyl adjacent to an activating group) is 1. The van der Waals surface area contributed by atoms with Crippen LogP contribution in [0.15, 0.2) is 36.7 Å². The Bertz CT molecular complexity index is 731. The molecule has 1 aliphatic heterocycles. The molecular weight excluding hydrogens is 320 g/mol. The maximum Gasteiger partial charge on any atom is 0.353 e. The van der Waals surface area contributed by atoms with Crippen LogP contribution in [0.3, 0.4) is 0 Å². The largest absolute Gasteiger partial charge is 0.353 e. The summed E-state index contributed by atoms with van der Waals surface area (Å²) in [6, 6.07) is 9.58. The number of rotatable bonds is 5. The first-order valence-corrected chi connectivity index (χ1v) is 8.37. The Hall–Kier alpha value is -2.74. The minimum atomic E-state index is -0.366. The zero-order chi connectivity index (χ0) is 17.8. The molecule has 25 heavy (non-hydrogen) atoms. The quantitative estimate of drug-likeness (QED) is 0.609. The summed E-state index contributed by atoms with van der Waals surface area (Å²) in [5.41, 5.74) is 0.842. The van der Waals surface area contributed by atoms with Crippen molar-refractivity contribution in [3.8, 4) is 0 Å². The van der Waals surface area contributed by atoms with E-state index in [1.807, 2.05) is 54.1 Å². The van der Waals surface area contributed by atoms with Crippen LogP contribution in [0.2, 0.25) is 0 Å². The average Bonchev–Trinajstić information content (AvgIpc) is 2.63. The lowest BCUT2D eigenvalue weighted by molar-refractivity contribution is -0.383. The highest BCUT2D eigenvalue weighted by Crippen LogP contribution is 2.37. The van der Waals surface area contributed by atoms with E-state index in [-0.39, 0.29) is 10.6 Å². The fraction of sp³-hybridized carbons (Fsp3) is 0.412. The number of anilines is 3. The number of hydrogen-bond donors (Lipinski definition) is 0. The first-order valence-electron chi connectivity index (χ1n) is 8.37. The molecule has 1 aliphatic rings.